The van der Waals surface area contributed by atoms with Crippen molar-refractivity contribution >= 4 is 11.7 Å². The number of carbonyl (C=O) groups excluding carboxylic acids is 1. The summed E-state index contributed by atoms with van der Waals surface area (Å²) in [6.07, 6.45) is 0.767. The lowest BCUT2D eigenvalue weighted by atomic mass is 10.4. The van der Waals surface area contributed by atoms with Gasteiger partial charge in [0.25, 0.3) is 11.7 Å². The first kappa shape index (κ1) is 14.4. The van der Waals surface area contributed by atoms with Crippen LogP contribution in [0.15, 0.2) is 6.07 Å². The number of rotatable bonds is 6. The van der Waals surface area contributed by atoms with Gasteiger partial charge in [0.2, 0.25) is 5.82 Å². The van der Waals surface area contributed by atoms with Crippen molar-refractivity contribution in [2.75, 3.05) is 19.8 Å². The highest BCUT2D eigenvalue weighted by Gasteiger charge is 2.14. The second kappa shape index (κ2) is 6.42. The predicted molar refractivity (Wildman–Crippen MR) is 73.7 cm³/mol. The van der Waals surface area contributed by atoms with Crippen molar-refractivity contribution in [2.45, 2.75) is 27.2 Å². The summed E-state index contributed by atoms with van der Waals surface area (Å²) in [6, 6.07) is 1.89. The molecule has 2 aromatic heterocycles. The van der Waals surface area contributed by atoms with Gasteiger partial charge in [0.05, 0.1) is 0 Å². The molecule has 2 aromatic rings. The molecule has 0 atom stereocenters. The van der Waals surface area contributed by atoms with Crippen LogP contribution in [0.4, 0.5) is 0 Å². The maximum absolute atomic E-state index is 11.9. The Hall–Kier alpha value is -2.02. The van der Waals surface area contributed by atoms with E-state index < -0.39 is 0 Å². The third-order valence-electron chi connectivity index (χ3n) is 2.78. The lowest BCUT2D eigenvalue weighted by Crippen LogP contribution is -2.26. The van der Waals surface area contributed by atoms with E-state index in [-0.39, 0.29) is 11.7 Å². The molecule has 7 heteroatoms. The SMILES string of the molecule is CCOCCCNC(=O)c1nc2nc(C)cc(C)n2n1. The second-order valence-electron chi connectivity index (χ2n) is 4.49. The van der Waals surface area contributed by atoms with Crippen LogP contribution in [0.2, 0.25) is 0 Å². The number of carbonyl (C=O) groups is 1. The molecule has 0 radical (unpaired) electrons. The van der Waals surface area contributed by atoms with Gasteiger partial charge in [-0.2, -0.15) is 4.98 Å². The van der Waals surface area contributed by atoms with Crippen molar-refractivity contribution in [3.63, 3.8) is 0 Å². The van der Waals surface area contributed by atoms with Crippen molar-refractivity contribution < 1.29 is 9.53 Å². The van der Waals surface area contributed by atoms with Crippen LogP contribution in [-0.4, -0.2) is 45.2 Å². The van der Waals surface area contributed by atoms with Gasteiger partial charge in [-0.1, -0.05) is 0 Å². The Morgan fingerprint density at radius 2 is 2.20 bits per heavy atom. The largest absolute Gasteiger partial charge is 0.382 e. The fourth-order valence-corrected chi connectivity index (χ4v) is 1.86. The molecule has 0 bridgehead atoms. The molecule has 0 aliphatic carbocycles. The number of amides is 1. The quantitative estimate of drug-likeness (QED) is 0.793. The Morgan fingerprint density at radius 1 is 1.40 bits per heavy atom. The summed E-state index contributed by atoms with van der Waals surface area (Å²) >= 11 is 0. The Bertz CT molecular complexity index is 608. The minimum absolute atomic E-state index is 0.141. The van der Waals surface area contributed by atoms with E-state index >= 15 is 0 Å². The van der Waals surface area contributed by atoms with Gasteiger partial charge in [0.1, 0.15) is 0 Å². The van der Waals surface area contributed by atoms with E-state index in [1.165, 1.54) is 0 Å². The maximum atomic E-state index is 11.9. The minimum Gasteiger partial charge on any atom is -0.382 e. The summed E-state index contributed by atoms with van der Waals surface area (Å²) in [5.41, 5.74) is 1.75. The van der Waals surface area contributed by atoms with Crippen LogP contribution in [0.3, 0.4) is 0 Å². The molecule has 1 amide bonds. The lowest BCUT2D eigenvalue weighted by molar-refractivity contribution is 0.0934. The first-order valence-electron chi connectivity index (χ1n) is 6.68. The molecule has 0 aliphatic rings. The topological polar surface area (TPSA) is 81.4 Å². The molecule has 0 aromatic carbocycles. The normalized spacial score (nSPS) is 10.9. The van der Waals surface area contributed by atoms with E-state index in [9.17, 15) is 4.79 Å². The van der Waals surface area contributed by atoms with E-state index in [0.717, 1.165) is 17.8 Å². The van der Waals surface area contributed by atoms with E-state index in [1.54, 1.807) is 4.52 Å². The van der Waals surface area contributed by atoms with Gasteiger partial charge in [-0.15, -0.1) is 5.10 Å². The Balaban J connectivity index is 2.02. The van der Waals surface area contributed by atoms with E-state index in [4.69, 9.17) is 4.74 Å². The lowest BCUT2D eigenvalue weighted by Gasteiger charge is -2.02. The summed E-state index contributed by atoms with van der Waals surface area (Å²) in [4.78, 5) is 20.3. The number of nitrogens with one attached hydrogen (secondary N) is 1. The van der Waals surface area contributed by atoms with Crippen molar-refractivity contribution in [1.82, 2.24) is 24.9 Å². The summed E-state index contributed by atoms with van der Waals surface area (Å²) in [5.74, 6) is 0.300. The zero-order chi connectivity index (χ0) is 14.5. The third kappa shape index (κ3) is 3.30. The smallest absolute Gasteiger partial charge is 0.291 e. The number of ether oxygens (including phenoxy) is 1. The fraction of sp³-hybridized carbons (Fsp3) is 0.538. The molecule has 2 rings (SSSR count). The first-order chi connectivity index (χ1) is 9.61. The van der Waals surface area contributed by atoms with Crippen molar-refractivity contribution in [3.05, 3.63) is 23.3 Å². The standard InChI is InChI=1S/C13H19N5O2/c1-4-20-7-5-6-14-12(19)11-16-13-15-9(2)8-10(3)18(13)17-11/h8H,4-7H2,1-3H3,(H,14,19). The zero-order valence-corrected chi connectivity index (χ0v) is 12.0. The van der Waals surface area contributed by atoms with E-state index in [2.05, 4.69) is 20.4 Å². The van der Waals surface area contributed by atoms with Gasteiger partial charge in [-0.05, 0) is 33.3 Å². The van der Waals surface area contributed by atoms with Crippen LogP contribution in [0, 0.1) is 13.8 Å². The zero-order valence-electron chi connectivity index (χ0n) is 12.0. The summed E-state index contributed by atoms with van der Waals surface area (Å²) in [7, 11) is 0. The number of nitrogens with zero attached hydrogens (tertiary/aromatic N) is 4. The average Bonchev–Trinajstić information content (AvgIpc) is 2.82. The molecular formula is C13H19N5O2. The molecule has 0 saturated heterocycles. The second-order valence-corrected chi connectivity index (χ2v) is 4.49. The highest BCUT2D eigenvalue weighted by Crippen LogP contribution is 2.05. The van der Waals surface area contributed by atoms with Gasteiger partial charge in [0, 0.05) is 31.1 Å². The molecule has 0 aliphatic heterocycles. The summed E-state index contributed by atoms with van der Waals surface area (Å²) in [5, 5.41) is 6.94. The van der Waals surface area contributed by atoms with Crippen LogP contribution < -0.4 is 5.32 Å². The molecule has 0 unspecified atom stereocenters. The van der Waals surface area contributed by atoms with E-state index in [1.807, 2.05) is 26.8 Å². The number of aryl methyl sites for hydroxylation is 2. The van der Waals surface area contributed by atoms with Gasteiger partial charge in [-0.3, -0.25) is 4.79 Å². The average molecular weight is 277 g/mol. The molecule has 108 valence electrons. The number of hydrogen-bond acceptors (Lipinski definition) is 5. The summed E-state index contributed by atoms with van der Waals surface area (Å²) < 4.78 is 6.77. The summed E-state index contributed by atoms with van der Waals surface area (Å²) in [6.45, 7) is 7.59. The highest BCUT2D eigenvalue weighted by molar-refractivity contribution is 5.90. The van der Waals surface area contributed by atoms with Crippen LogP contribution in [0.25, 0.3) is 5.78 Å². The van der Waals surface area contributed by atoms with Gasteiger partial charge >= 0.3 is 0 Å². The van der Waals surface area contributed by atoms with Gasteiger partial charge < -0.3 is 10.1 Å². The predicted octanol–water partition coefficient (Wildman–Crippen LogP) is 0.898. The maximum Gasteiger partial charge on any atom is 0.291 e. The Kier molecular flexibility index (Phi) is 4.62. The number of fused-ring (bicyclic) bond motifs is 1. The molecule has 0 fully saturated rings. The van der Waals surface area contributed by atoms with E-state index in [0.29, 0.717) is 25.5 Å². The Labute approximate surface area is 117 Å². The third-order valence-corrected chi connectivity index (χ3v) is 2.78. The monoisotopic (exact) mass is 277 g/mol. The fourth-order valence-electron chi connectivity index (χ4n) is 1.86. The van der Waals surface area contributed by atoms with Crippen molar-refractivity contribution in [2.24, 2.45) is 0 Å². The van der Waals surface area contributed by atoms with Crippen LogP contribution in [0.5, 0.6) is 0 Å². The molecule has 2 heterocycles. The molecule has 1 N–H and O–H groups in total. The molecular weight excluding hydrogens is 258 g/mol. The number of hydrogen-bond donors (Lipinski definition) is 1. The minimum atomic E-state index is -0.288. The highest BCUT2D eigenvalue weighted by atomic mass is 16.5. The molecule has 7 nitrogen and oxygen atoms in total. The number of aromatic nitrogens is 4. The van der Waals surface area contributed by atoms with Crippen molar-refractivity contribution in [1.29, 1.82) is 0 Å². The Morgan fingerprint density at radius 3 is 2.95 bits per heavy atom. The molecule has 0 saturated carbocycles. The first-order valence-corrected chi connectivity index (χ1v) is 6.68. The van der Waals surface area contributed by atoms with Crippen LogP contribution in [0.1, 0.15) is 35.4 Å². The van der Waals surface area contributed by atoms with Gasteiger partial charge in [-0.25, -0.2) is 9.50 Å². The molecule has 20 heavy (non-hydrogen) atoms. The van der Waals surface area contributed by atoms with Gasteiger partial charge in [0.15, 0.2) is 0 Å². The van der Waals surface area contributed by atoms with Crippen molar-refractivity contribution in [3.8, 4) is 0 Å². The van der Waals surface area contributed by atoms with Crippen LogP contribution in [-0.2, 0) is 4.74 Å². The van der Waals surface area contributed by atoms with Crippen LogP contribution >= 0.6 is 0 Å². The molecule has 0 spiro atoms.